The van der Waals surface area contributed by atoms with Crippen molar-refractivity contribution in [3.8, 4) is 0 Å². The van der Waals surface area contributed by atoms with Gasteiger partial charge < -0.3 is 0 Å². The van der Waals surface area contributed by atoms with E-state index in [2.05, 4.69) is 24.4 Å². The summed E-state index contributed by atoms with van der Waals surface area (Å²) in [6, 6.07) is 8.32. The van der Waals surface area contributed by atoms with E-state index in [9.17, 15) is 0 Å². The van der Waals surface area contributed by atoms with Gasteiger partial charge in [-0.1, -0.05) is 29.8 Å². The minimum atomic E-state index is -0.0436. The van der Waals surface area contributed by atoms with Crippen LogP contribution in [0.2, 0.25) is 5.02 Å². The largest absolute Gasteiger partial charge is 0.271 e. The summed E-state index contributed by atoms with van der Waals surface area (Å²) in [5, 5.41) is 5.32. The molecule has 0 aliphatic heterocycles. The molecule has 1 aromatic carbocycles. The summed E-state index contributed by atoms with van der Waals surface area (Å²) >= 11 is 6.37. The molecule has 0 spiro atoms. The molecule has 2 aromatic rings. The molecule has 1 aromatic heterocycles. The van der Waals surface area contributed by atoms with Crippen LogP contribution in [0, 0.1) is 6.92 Å². The van der Waals surface area contributed by atoms with E-state index in [1.165, 1.54) is 0 Å². The number of hydrazine groups is 1. The Bertz CT molecular complexity index is 577. The number of benzene rings is 1. The third kappa shape index (κ3) is 3.20. The number of nitrogens with one attached hydrogen (secondary N) is 1. The van der Waals surface area contributed by atoms with E-state index in [0.29, 0.717) is 12.5 Å². The van der Waals surface area contributed by atoms with Crippen molar-refractivity contribution >= 4 is 11.6 Å². The summed E-state index contributed by atoms with van der Waals surface area (Å²) in [5.41, 5.74) is 5.90. The SMILES string of the molecule is Cc1cccc(C(Cc2ccn(C(C)C)n2)NN)c1Cl. The van der Waals surface area contributed by atoms with Crippen molar-refractivity contribution in [2.24, 2.45) is 5.84 Å². The van der Waals surface area contributed by atoms with Crippen LogP contribution < -0.4 is 11.3 Å². The van der Waals surface area contributed by atoms with E-state index in [4.69, 9.17) is 17.4 Å². The van der Waals surface area contributed by atoms with Gasteiger partial charge in [-0.3, -0.25) is 16.0 Å². The summed E-state index contributed by atoms with van der Waals surface area (Å²) in [6.07, 6.45) is 2.70. The fourth-order valence-electron chi connectivity index (χ4n) is 2.18. The lowest BCUT2D eigenvalue weighted by Crippen LogP contribution is -2.30. The van der Waals surface area contributed by atoms with Crippen LogP contribution in [-0.4, -0.2) is 9.78 Å². The monoisotopic (exact) mass is 292 g/mol. The molecule has 0 fully saturated rings. The minimum absolute atomic E-state index is 0.0436. The Hall–Kier alpha value is -1.36. The topological polar surface area (TPSA) is 55.9 Å². The van der Waals surface area contributed by atoms with E-state index in [1.54, 1.807) is 0 Å². The normalized spacial score (nSPS) is 12.9. The zero-order valence-corrected chi connectivity index (χ0v) is 12.9. The van der Waals surface area contributed by atoms with Crippen LogP contribution in [0.25, 0.3) is 0 Å². The predicted molar refractivity (Wildman–Crippen MR) is 82.6 cm³/mol. The summed E-state index contributed by atoms with van der Waals surface area (Å²) in [4.78, 5) is 0. The molecule has 0 radical (unpaired) electrons. The van der Waals surface area contributed by atoms with Crippen LogP contribution >= 0.6 is 11.6 Å². The van der Waals surface area contributed by atoms with Crippen molar-refractivity contribution in [1.29, 1.82) is 0 Å². The number of nitrogens with zero attached hydrogens (tertiary/aromatic N) is 2. The van der Waals surface area contributed by atoms with Crippen molar-refractivity contribution in [3.63, 3.8) is 0 Å². The molecule has 1 heterocycles. The quantitative estimate of drug-likeness (QED) is 0.657. The Morgan fingerprint density at radius 1 is 1.35 bits per heavy atom. The molecular weight excluding hydrogens is 272 g/mol. The Labute approximate surface area is 124 Å². The van der Waals surface area contributed by atoms with Crippen molar-refractivity contribution < 1.29 is 0 Å². The number of nitrogens with two attached hydrogens (primary N) is 1. The molecule has 0 saturated carbocycles. The first-order valence-corrected chi connectivity index (χ1v) is 7.16. The number of hydrogen-bond acceptors (Lipinski definition) is 3. The smallest absolute Gasteiger partial charge is 0.0644 e. The van der Waals surface area contributed by atoms with Gasteiger partial charge in [-0.25, -0.2) is 0 Å². The highest BCUT2D eigenvalue weighted by Crippen LogP contribution is 2.27. The number of rotatable bonds is 5. The molecule has 0 bridgehead atoms. The number of aryl methyl sites for hydroxylation is 1. The Kier molecular flexibility index (Phi) is 4.81. The minimum Gasteiger partial charge on any atom is -0.271 e. The van der Waals surface area contributed by atoms with Gasteiger partial charge in [0.1, 0.15) is 0 Å². The Balaban J connectivity index is 2.22. The highest BCUT2D eigenvalue weighted by molar-refractivity contribution is 6.32. The van der Waals surface area contributed by atoms with Gasteiger partial charge >= 0.3 is 0 Å². The van der Waals surface area contributed by atoms with Gasteiger partial charge in [0.15, 0.2) is 0 Å². The van der Waals surface area contributed by atoms with Crippen LogP contribution in [0.4, 0.5) is 0 Å². The summed E-state index contributed by atoms with van der Waals surface area (Å²) in [6.45, 7) is 6.20. The van der Waals surface area contributed by atoms with Gasteiger partial charge in [0.2, 0.25) is 0 Å². The predicted octanol–water partition coefficient (Wildman–Crippen LogP) is 3.17. The number of aromatic nitrogens is 2. The first kappa shape index (κ1) is 15.0. The molecule has 5 heteroatoms. The fourth-order valence-corrected chi connectivity index (χ4v) is 2.44. The highest BCUT2D eigenvalue weighted by Gasteiger charge is 2.16. The molecule has 1 atom stereocenters. The molecule has 3 N–H and O–H groups in total. The maximum absolute atomic E-state index is 6.37. The lowest BCUT2D eigenvalue weighted by Gasteiger charge is -2.17. The first-order chi connectivity index (χ1) is 9.52. The molecule has 2 rings (SSSR count). The zero-order chi connectivity index (χ0) is 14.7. The van der Waals surface area contributed by atoms with Gasteiger partial charge in [-0.15, -0.1) is 0 Å². The van der Waals surface area contributed by atoms with Gasteiger partial charge in [-0.05, 0) is 38.0 Å². The van der Waals surface area contributed by atoms with E-state index in [1.807, 2.05) is 42.1 Å². The molecule has 1 unspecified atom stereocenters. The van der Waals surface area contributed by atoms with Crippen LogP contribution in [0.1, 0.15) is 42.8 Å². The first-order valence-electron chi connectivity index (χ1n) is 6.78. The van der Waals surface area contributed by atoms with Gasteiger partial charge in [0, 0.05) is 23.7 Å². The number of hydrogen-bond donors (Lipinski definition) is 2. The molecule has 0 saturated heterocycles. The van der Waals surface area contributed by atoms with Crippen molar-refractivity contribution in [2.75, 3.05) is 0 Å². The van der Waals surface area contributed by atoms with Crippen LogP contribution in [0.5, 0.6) is 0 Å². The van der Waals surface area contributed by atoms with Gasteiger partial charge in [-0.2, -0.15) is 5.10 Å². The van der Waals surface area contributed by atoms with Crippen molar-refractivity contribution in [2.45, 2.75) is 39.3 Å². The fraction of sp³-hybridized carbons (Fsp3) is 0.400. The van der Waals surface area contributed by atoms with Crippen LogP contribution in [0.3, 0.4) is 0 Å². The average molecular weight is 293 g/mol. The maximum Gasteiger partial charge on any atom is 0.0644 e. The molecule has 4 nitrogen and oxygen atoms in total. The van der Waals surface area contributed by atoms with Gasteiger partial charge in [0.25, 0.3) is 0 Å². The second kappa shape index (κ2) is 6.39. The maximum atomic E-state index is 6.37. The zero-order valence-electron chi connectivity index (χ0n) is 12.1. The molecule has 108 valence electrons. The molecule has 0 amide bonds. The lowest BCUT2D eigenvalue weighted by molar-refractivity contribution is 0.507. The molecular formula is C15H21ClN4. The lowest BCUT2D eigenvalue weighted by atomic mass is 10.0. The second-order valence-electron chi connectivity index (χ2n) is 5.28. The van der Waals surface area contributed by atoms with Crippen molar-refractivity contribution in [3.05, 3.63) is 52.3 Å². The average Bonchev–Trinajstić information content (AvgIpc) is 2.88. The van der Waals surface area contributed by atoms with E-state index >= 15 is 0 Å². The third-order valence-electron chi connectivity index (χ3n) is 3.40. The second-order valence-corrected chi connectivity index (χ2v) is 5.66. The standard InChI is InChI=1S/C15H21ClN4/c1-10(2)20-8-7-12(19-20)9-14(18-17)13-6-4-5-11(3)15(13)16/h4-8,10,14,18H,9,17H2,1-3H3. The van der Waals surface area contributed by atoms with E-state index in [-0.39, 0.29) is 6.04 Å². The van der Waals surface area contributed by atoms with Crippen LogP contribution in [-0.2, 0) is 6.42 Å². The van der Waals surface area contributed by atoms with Crippen LogP contribution in [0.15, 0.2) is 30.5 Å². The van der Waals surface area contributed by atoms with E-state index < -0.39 is 0 Å². The summed E-state index contributed by atoms with van der Waals surface area (Å²) in [5.74, 6) is 5.69. The van der Waals surface area contributed by atoms with Crippen molar-refractivity contribution in [1.82, 2.24) is 15.2 Å². The Morgan fingerprint density at radius 3 is 2.70 bits per heavy atom. The summed E-state index contributed by atoms with van der Waals surface area (Å²) in [7, 11) is 0. The highest BCUT2D eigenvalue weighted by atomic mass is 35.5. The third-order valence-corrected chi connectivity index (χ3v) is 3.92. The number of halogens is 1. The van der Waals surface area contributed by atoms with Gasteiger partial charge in [0.05, 0.1) is 11.7 Å². The van der Waals surface area contributed by atoms with E-state index in [0.717, 1.165) is 21.8 Å². The Morgan fingerprint density at radius 2 is 2.10 bits per heavy atom. The molecule has 0 aliphatic carbocycles. The summed E-state index contributed by atoms with van der Waals surface area (Å²) < 4.78 is 1.95. The molecule has 20 heavy (non-hydrogen) atoms. The molecule has 0 aliphatic rings.